The van der Waals surface area contributed by atoms with Gasteiger partial charge >= 0.3 is 0 Å². The number of halogens is 1. The third-order valence-electron chi connectivity index (χ3n) is 2.64. The van der Waals surface area contributed by atoms with Crippen LogP contribution in [0.15, 0.2) is 24.4 Å². The molecule has 0 radical (unpaired) electrons. The van der Waals surface area contributed by atoms with Gasteiger partial charge in [-0.2, -0.15) is 0 Å². The van der Waals surface area contributed by atoms with Crippen molar-refractivity contribution < 1.29 is 0 Å². The van der Waals surface area contributed by atoms with Crippen molar-refractivity contribution in [1.82, 2.24) is 20.3 Å². The number of rotatable bonds is 4. The van der Waals surface area contributed by atoms with Gasteiger partial charge in [0, 0.05) is 11.6 Å². The van der Waals surface area contributed by atoms with E-state index in [4.69, 9.17) is 11.6 Å². The first-order valence-electron chi connectivity index (χ1n) is 5.59. The Labute approximate surface area is 106 Å². The molecule has 1 aromatic heterocycles. The first kappa shape index (κ1) is 12.1. The fourth-order valence-corrected chi connectivity index (χ4v) is 1.83. The van der Waals surface area contributed by atoms with E-state index in [9.17, 15) is 0 Å². The molecule has 90 valence electrons. The summed E-state index contributed by atoms with van der Waals surface area (Å²) in [4.78, 5) is 0. The van der Waals surface area contributed by atoms with E-state index in [1.54, 1.807) is 6.20 Å². The van der Waals surface area contributed by atoms with E-state index in [-0.39, 0.29) is 0 Å². The highest BCUT2D eigenvalue weighted by atomic mass is 35.5. The lowest BCUT2D eigenvalue weighted by atomic mass is 10.2. The molecule has 0 saturated heterocycles. The average molecular weight is 251 g/mol. The lowest BCUT2D eigenvalue weighted by Crippen LogP contribution is -2.15. The summed E-state index contributed by atoms with van der Waals surface area (Å²) in [6, 6.07) is 5.79. The predicted octanol–water partition coefficient (Wildman–Crippen LogP) is 2.34. The molecule has 0 spiro atoms. The first-order valence-corrected chi connectivity index (χ1v) is 5.97. The molecule has 0 atom stereocenters. The molecular formula is C12H15ClN4. The SMILES string of the molecule is CCNCc1cnnn1-c1cccc(Cl)c1C. The minimum Gasteiger partial charge on any atom is -0.311 e. The van der Waals surface area contributed by atoms with Crippen LogP contribution in [-0.2, 0) is 6.54 Å². The van der Waals surface area contributed by atoms with Crippen LogP contribution >= 0.6 is 11.6 Å². The summed E-state index contributed by atoms with van der Waals surface area (Å²) in [6.45, 7) is 5.71. The molecule has 1 heterocycles. The van der Waals surface area contributed by atoms with Gasteiger partial charge in [-0.05, 0) is 31.2 Å². The van der Waals surface area contributed by atoms with Crippen LogP contribution in [0.1, 0.15) is 18.2 Å². The van der Waals surface area contributed by atoms with Gasteiger partial charge in [-0.3, -0.25) is 0 Å². The Morgan fingerprint density at radius 2 is 2.24 bits per heavy atom. The second-order valence-corrected chi connectivity index (χ2v) is 4.21. The number of nitrogens with one attached hydrogen (secondary N) is 1. The van der Waals surface area contributed by atoms with Gasteiger partial charge < -0.3 is 5.32 Å². The molecule has 0 unspecified atom stereocenters. The predicted molar refractivity (Wildman–Crippen MR) is 68.5 cm³/mol. The van der Waals surface area contributed by atoms with Gasteiger partial charge in [0.15, 0.2) is 0 Å². The summed E-state index contributed by atoms with van der Waals surface area (Å²) < 4.78 is 1.82. The Morgan fingerprint density at radius 1 is 1.41 bits per heavy atom. The molecule has 0 aliphatic carbocycles. The highest BCUT2D eigenvalue weighted by Gasteiger charge is 2.09. The lowest BCUT2D eigenvalue weighted by molar-refractivity contribution is 0.671. The molecule has 0 aliphatic rings. The molecule has 5 heteroatoms. The van der Waals surface area contributed by atoms with Crippen molar-refractivity contribution in [2.75, 3.05) is 6.54 Å². The summed E-state index contributed by atoms with van der Waals surface area (Å²) >= 11 is 6.11. The molecule has 17 heavy (non-hydrogen) atoms. The minimum atomic E-state index is 0.743. The van der Waals surface area contributed by atoms with Gasteiger partial charge in [0.1, 0.15) is 0 Å². The lowest BCUT2D eigenvalue weighted by Gasteiger charge is -2.10. The van der Waals surface area contributed by atoms with Crippen LogP contribution in [0.2, 0.25) is 5.02 Å². The number of nitrogens with zero attached hydrogens (tertiary/aromatic N) is 3. The van der Waals surface area contributed by atoms with E-state index in [2.05, 4.69) is 22.6 Å². The zero-order valence-electron chi connectivity index (χ0n) is 9.94. The van der Waals surface area contributed by atoms with E-state index in [1.807, 2.05) is 29.8 Å². The number of aromatic nitrogens is 3. The third-order valence-corrected chi connectivity index (χ3v) is 3.05. The zero-order chi connectivity index (χ0) is 12.3. The fourth-order valence-electron chi connectivity index (χ4n) is 1.66. The average Bonchev–Trinajstić information content (AvgIpc) is 2.78. The van der Waals surface area contributed by atoms with Gasteiger partial charge in [-0.25, -0.2) is 4.68 Å². The summed E-state index contributed by atoms with van der Waals surface area (Å²) in [5.41, 5.74) is 3.01. The maximum Gasteiger partial charge on any atom is 0.0783 e. The molecule has 4 nitrogen and oxygen atoms in total. The summed E-state index contributed by atoms with van der Waals surface area (Å²) in [5.74, 6) is 0. The van der Waals surface area contributed by atoms with Gasteiger partial charge in [-0.15, -0.1) is 5.10 Å². The van der Waals surface area contributed by atoms with Crippen LogP contribution in [0.3, 0.4) is 0 Å². The normalized spacial score (nSPS) is 10.8. The molecule has 2 aromatic rings. The smallest absolute Gasteiger partial charge is 0.0783 e. The highest BCUT2D eigenvalue weighted by Crippen LogP contribution is 2.22. The maximum atomic E-state index is 6.11. The van der Waals surface area contributed by atoms with Crippen molar-refractivity contribution in [3.8, 4) is 5.69 Å². The van der Waals surface area contributed by atoms with Crippen molar-refractivity contribution >= 4 is 11.6 Å². The fraction of sp³-hybridized carbons (Fsp3) is 0.333. The quantitative estimate of drug-likeness (QED) is 0.906. The monoisotopic (exact) mass is 250 g/mol. The summed E-state index contributed by atoms with van der Waals surface area (Å²) in [5, 5.41) is 12.1. The van der Waals surface area contributed by atoms with Gasteiger partial charge in [0.25, 0.3) is 0 Å². The molecule has 0 bridgehead atoms. The molecule has 1 N–H and O–H groups in total. The number of benzene rings is 1. The van der Waals surface area contributed by atoms with Crippen LogP contribution < -0.4 is 5.32 Å². The van der Waals surface area contributed by atoms with Crippen molar-refractivity contribution in [1.29, 1.82) is 0 Å². The summed E-state index contributed by atoms with van der Waals surface area (Å²) in [7, 11) is 0. The van der Waals surface area contributed by atoms with Gasteiger partial charge in [0.05, 0.1) is 17.6 Å². The highest BCUT2D eigenvalue weighted by molar-refractivity contribution is 6.31. The number of hydrogen-bond acceptors (Lipinski definition) is 3. The van der Waals surface area contributed by atoms with E-state index in [1.165, 1.54) is 0 Å². The van der Waals surface area contributed by atoms with Gasteiger partial charge in [-0.1, -0.05) is 29.8 Å². The minimum absolute atomic E-state index is 0.743. The van der Waals surface area contributed by atoms with Crippen LogP contribution in [0.4, 0.5) is 0 Å². The van der Waals surface area contributed by atoms with Crippen LogP contribution in [0.25, 0.3) is 5.69 Å². The second kappa shape index (κ2) is 5.29. The second-order valence-electron chi connectivity index (χ2n) is 3.80. The Kier molecular flexibility index (Phi) is 3.76. The Balaban J connectivity index is 2.39. The maximum absolute atomic E-state index is 6.11. The van der Waals surface area contributed by atoms with Crippen molar-refractivity contribution in [3.63, 3.8) is 0 Å². The molecule has 0 aliphatic heterocycles. The first-order chi connectivity index (χ1) is 8.24. The molecule has 0 saturated carbocycles. The Hall–Kier alpha value is -1.39. The van der Waals surface area contributed by atoms with Crippen LogP contribution in [0, 0.1) is 6.92 Å². The molecule has 2 rings (SSSR count). The van der Waals surface area contributed by atoms with Crippen molar-refractivity contribution in [2.45, 2.75) is 20.4 Å². The standard InChI is InChI=1S/C12H15ClN4/c1-3-14-7-10-8-15-16-17(10)12-6-4-5-11(13)9(12)2/h4-6,8,14H,3,7H2,1-2H3. The molecule has 0 amide bonds. The third kappa shape index (κ3) is 2.48. The van der Waals surface area contributed by atoms with E-state index >= 15 is 0 Å². The Morgan fingerprint density at radius 3 is 3.00 bits per heavy atom. The largest absolute Gasteiger partial charge is 0.311 e. The van der Waals surface area contributed by atoms with Gasteiger partial charge in [0.2, 0.25) is 0 Å². The topological polar surface area (TPSA) is 42.7 Å². The number of hydrogen-bond donors (Lipinski definition) is 1. The molecular weight excluding hydrogens is 236 g/mol. The van der Waals surface area contributed by atoms with Crippen LogP contribution in [-0.4, -0.2) is 21.5 Å². The van der Waals surface area contributed by atoms with Crippen molar-refractivity contribution in [3.05, 3.63) is 40.7 Å². The molecule has 0 fully saturated rings. The van der Waals surface area contributed by atoms with Crippen molar-refractivity contribution in [2.24, 2.45) is 0 Å². The molecule has 1 aromatic carbocycles. The Bertz CT molecular complexity index is 507. The van der Waals surface area contributed by atoms with E-state index in [0.717, 1.165) is 35.1 Å². The zero-order valence-corrected chi connectivity index (χ0v) is 10.7. The van der Waals surface area contributed by atoms with E-state index < -0.39 is 0 Å². The van der Waals surface area contributed by atoms with E-state index in [0.29, 0.717) is 0 Å². The summed E-state index contributed by atoms with van der Waals surface area (Å²) in [6.07, 6.45) is 1.77. The van der Waals surface area contributed by atoms with Crippen LogP contribution in [0.5, 0.6) is 0 Å².